The lowest BCUT2D eigenvalue weighted by atomic mass is 9.84. The van der Waals surface area contributed by atoms with Gasteiger partial charge in [-0.05, 0) is 73.6 Å². The first kappa shape index (κ1) is 14.1. The number of para-hydroxylation sites is 3. The van der Waals surface area contributed by atoms with Crippen LogP contribution in [-0.2, 0) is 6.37 Å². The predicted octanol–water partition coefficient (Wildman–Crippen LogP) is 10.9. The molecule has 0 aliphatic rings. The summed E-state index contributed by atoms with van der Waals surface area (Å²) in [6.07, 6.45) is -2.91. The van der Waals surface area contributed by atoms with E-state index in [1.54, 1.807) is 91.0 Å². The van der Waals surface area contributed by atoms with Gasteiger partial charge in [-0.2, -0.15) is 0 Å². The molecule has 0 aliphatic heterocycles. The van der Waals surface area contributed by atoms with Crippen molar-refractivity contribution in [2.24, 2.45) is 0 Å². The summed E-state index contributed by atoms with van der Waals surface area (Å²) < 4.78 is 130. The van der Waals surface area contributed by atoms with Crippen LogP contribution < -0.4 is 0 Å². The molecule has 8 rings (SSSR count). The van der Waals surface area contributed by atoms with Gasteiger partial charge in [-0.25, -0.2) is 4.98 Å². The lowest BCUT2D eigenvalue weighted by Gasteiger charge is -2.21. The molecule has 204 valence electrons. The summed E-state index contributed by atoms with van der Waals surface area (Å²) >= 11 is 0. The second-order valence-corrected chi connectivity index (χ2v) is 9.96. The van der Waals surface area contributed by atoms with Gasteiger partial charge in [-0.1, -0.05) is 134 Å². The van der Waals surface area contributed by atoms with Gasteiger partial charge in [0.2, 0.25) is 0 Å². The molecule has 2 nitrogen and oxygen atoms in total. The van der Waals surface area contributed by atoms with Crippen LogP contribution in [0.1, 0.15) is 33.2 Å². The normalized spacial score (nSPS) is 17.1. The van der Waals surface area contributed by atoms with E-state index in [1.807, 2.05) is 0 Å². The van der Waals surface area contributed by atoms with Crippen molar-refractivity contribution >= 4 is 32.6 Å². The Kier molecular flexibility index (Phi) is 3.42. The van der Waals surface area contributed by atoms with E-state index >= 15 is 0 Å². The number of imidazole rings is 1. The average Bonchev–Trinajstić information content (AvgIpc) is 3.60. The molecule has 0 unspecified atom stereocenters. The Morgan fingerprint density at radius 1 is 0.628 bits per heavy atom. The molecule has 1 heterocycles. The second-order valence-electron chi connectivity index (χ2n) is 9.96. The average molecular weight is 566 g/mol. The number of fused-ring (bicyclic) bond motifs is 3. The van der Waals surface area contributed by atoms with Crippen LogP contribution in [0.5, 0.6) is 0 Å². The number of rotatable bonds is 5. The topological polar surface area (TPSA) is 17.8 Å². The van der Waals surface area contributed by atoms with Crippen molar-refractivity contribution in [3.05, 3.63) is 157 Å². The molecule has 0 fully saturated rings. The van der Waals surface area contributed by atoms with E-state index in [1.165, 1.54) is 4.57 Å². The summed E-state index contributed by atoms with van der Waals surface area (Å²) in [4.78, 5) is 4.52. The van der Waals surface area contributed by atoms with Crippen molar-refractivity contribution in [2.45, 2.75) is 13.2 Å². The molecule has 0 spiro atoms. The van der Waals surface area contributed by atoms with Gasteiger partial charge in [-0.3, -0.25) is 4.57 Å². The largest absolute Gasteiger partial charge is 0.296 e. The van der Waals surface area contributed by atoms with E-state index < -0.39 is 73.6 Å². The SMILES string of the molecule is [2H]c1c([2H])c([2H])c(-c2ccc3c(-c4ccccc4-n4c(C([2H])([2H])C([2H])([2H])[2H])nc5ccccc54)c4ccccc4c(-c4c([2H])c([2H])c([2H])c([2H])c4[2H])c3c2)c([2H])c1[2H]. The molecule has 0 radical (unpaired) electrons. The van der Waals surface area contributed by atoms with Crippen molar-refractivity contribution in [2.75, 3.05) is 0 Å². The van der Waals surface area contributed by atoms with Gasteiger partial charge in [0, 0.05) is 18.8 Å². The van der Waals surface area contributed by atoms with Gasteiger partial charge in [0.25, 0.3) is 0 Å². The Balaban J connectivity index is 1.58. The minimum atomic E-state index is -3.11. The van der Waals surface area contributed by atoms with E-state index in [-0.39, 0.29) is 28.1 Å². The van der Waals surface area contributed by atoms with Gasteiger partial charge >= 0.3 is 0 Å². The van der Waals surface area contributed by atoms with Crippen LogP contribution in [0.25, 0.3) is 71.6 Å². The molecule has 0 N–H and O–H groups in total. The zero-order valence-electron chi connectivity index (χ0n) is 37.6. The van der Waals surface area contributed by atoms with Crippen LogP contribution in [0.2, 0.25) is 0 Å². The molecule has 7 aromatic carbocycles. The molecule has 1 aromatic heterocycles. The maximum atomic E-state index is 9.05. The number of nitrogens with zero attached hydrogens (tertiary/aromatic N) is 2. The van der Waals surface area contributed by atoms with Crippen LogP contribution in [0, 0.1) is 0 Å². The second kappa shape index (κ2) is 10.4. The fraction of sp³-hybridized carbons (Fsp3) is 0.0488. The maximum absolute atomic E-state index is 9.05. The van der Waals surface area contributed by atoms with Gasteiger partial charge in [0.15, 0.2) is 0 Å². The molecule has 0 amide bonds. The van der Waals surface area contributed by atoms with Gasteiger partial charge < -0.3 is 0 Å². The number of hydrogen-bond donors (Lipinski definition) is 0. The standard InChI is InChI=1S/C41H30N2/c1-2-39-42-36-22-12-14-24-38(36)43(39)37-23-13-11-21-34(37)41-32-20-10-9-19-31(32)40(29-17-7-4-8-18-29)35-27-30(25-26-33(35)41)28-15-5-3-6-16-28/h3-27H,2H2,1H3/i1D3,2D2,3D,4D,5D,6D,7D,8D,15D,16D,17D,18D. The molecule has 43 heavy (non-hydrogen) atoms. The zero-order chi connectivity index (χ0) is 41.7. The highest BCUT2D eigenvalue weighted by Crippen LogP contribution is 2.46. The van der Waals surface area contributed by atoms with E-state index in [2.05, 4.69) is 4.98 Å². The monoisotopic (exact) mass is 565 g/mol. The molecule has 0 atom stereocenters. The van der Waals surface area contributed by atoms with Gasteiger partial charge in [0.1, 0.15) is 5.82 Å². The third-order valence-corrected chi connectivity index (χ3v) is 7.65. The Morgan fingerprint density at radius 3 is 2.07 bits per heavy atom. The zero-order valence-corrected chi connectivity index (χ0v) is 22.6. The summed E-state index contributed by atoms with van der Waals surface area (Å²) in [6, 6.07) is 20.5. The third kappa shape index (κ3) is 4.14. The number of aryl methyl sites for hydroxylation is 1. The number of hydrogen-bond acceptors (Lipinski definition) is 1. The predicted molar refractivity (Wildman–Crippen MR) is 182 cm³/mol. The van der Waals surface area contributed by atoms with E-state index in [9.17, 15) is 0 Å². The highest BCUT2D eigenvalue weighted by Gasteiger charge is 2.21. The highest BCUT2D eigenvalue weighted by molar-refractivity contribution is 6.22. The number of benzene rings is 7. The molecule has 8 aromatic rings. The van der Waals surface area contributed by atoms with Crippen LogP contribution in [0.3, 0.4) is 0 Å². The van der Waals surface area contributed by atoms with Crippen molar-refractivity contribution in [3.63, 3.8) is 0 Å². The first-order valence-electron chi connectivity index (χ1n) is 21.1. The fourth-order valence-electron chi connectivity index (χ4n) is 5.90. The minimum Gasteiger partial charge on any atom is -0.296 e. The number of aromatic nitrogens is 2. The maximum Gasteiger partial charge on any atom is 0.114 e. The molecule has 0 saturated heterocycles. The summed E-state index contributed by atoms with van der Waals surface area (Å²) in [5, 5.41) is 1.79. The Hall–Kier alpha value is -5.47. The summed E-state index contributed by atoms with van der Waals surface area (Å²) in [7, 11) is 0. The van der Waals surface area contributed by atoms with Crippen LogP contribution in [-0.4, -0.2) is 9.55 Å². The van der Waals surface area contributed by atoms with E-state index in [4.69, 9.17) is 20.6 Å². The first-order valence-corrected chi connectivity index (χ1v) is 13.6. The fourth-order valence-corrected chi connectivity index (χ4v) is 5.90. The highest BCUT2D eigenvalue weighted by atomic mass is 15.1. The van der Waals surface area contributed by atoms with Gasteiger partial charge in [-0.15, -0.1) is 0 Å². The smallest absolute Gasteiger partial charge is 0.114 e. The van der Waals surface area contributed by atoms with Crippen LogP contribution >= 0.6 is 0 Å². The molecule has 0 bridgehead atoms. The quantitative estimate of drug-likeness (QED) is 0.190. The Morgan fingerprint density at radius 2 is 1.28 bits per heavy atom. The van der Waals surface area contributed by atoms with E-state index in [0.717, 1.165) is 0 Å². The van der Waals surface area contributed by atoms with Crippen molar-refractivity contribution in [1.29, 1.82) is 0 Å². The summed E-state index contributed by atoms with van der Waals surface area (Å²) in [5.74, 6) is -0.353. The van der Waals surface area contributed by atoms with Crippen LogP contribution in [0.15, 0.2) is 151 Å². The molecule has 2 heteroatoms. The molecular formula is C41H30N2. The molecule has 0 saturated carbocycles. The summed E-state index contributed by atoms with van der Waals surface area (Å²) in [6.45, 7) is -3.11. The summed E-state index contributed by atoms with van der Waals surface area (Å²) in [5.41, 5.74) is 2.44. The molecular weight excluding hydrogens is 520 g/mol. The first-order chi connectivity index (χ1) is 27.4. The van der Waals surface area contributed by atoms with Crippen molar-refractivity contribution in [3.8, 4) is 39.1 Å². The Labute approximate surface area is 272 Å². The van der Waals surface area contributed by atoms with Crippen LogP contribution in [0.4, 0.5) is 0 Å². The van der Waals surface area contributed by atoms with Crippen molar-refractivity contribution < 1.29 is 20.6 Å². The minimum absolute atomic E-state index is 0.101. The third-order valence-electron chi connectivity index (χ3n) is 7.65. The van der Waals surface area contributed by atoms with Gasteiger partial charge in [0.05, 0.1) is 30.4 Å². The molecule has 0 aliphatic carbocycles. The lowest BCUT2D eigenvalue weighted by Crippen LogP contribution is -2.03. The lowest BCUT2D eigenvalue weighted by molar-refractivity contribution is 0.909. The van der Waals surface area contributed by atoms with Crippen molar-refractivity contribution in [1.82, 2.24) is 9.55 Å². The Bertz CT molecular complexity index is 2980. The van der Waals surface area contributed by atoms with E-state index in [0.29, 0.717) is 49.4 Å².